The second kappa shape index (κ2) is 8.63. The monoisotopic (exact) mass is 434 g/mol. The highest BCUT2D eigenvalue weighted by Crippen LogP contribution is 2.37. The summed E-state index contributed by atoms with van der Waals surface area (Å²) >= 11 is 5.35. The van der Waals surface area contributed by atoms with Crippen LogP contribution in [-0.2, 0) is 4.57 Å². The Morgan fingerprint density at radius 1 is 0.867 bits per heavy atom. The van der Waals surface area contributed by atoms with Crippen molar-refractivity contribution in [2.75, 3.05) is 10.6 Å². The van der Waals surface area contributed by atoms with E-state index in [4.69, 9.17) is 12.2 Å². The van der Waals surface area contributed by atoms with E-state index in [0.717, 1.165) is 17.1 Å². The second-order valence-corrected chi connectivity index (χ2v) is 8.98. The van der Waals surface area contributed by atoms with Crippen LogP contribution in [-0.4, -0.2) is 19.6 Å². The summed E-state index contributed by atoms with van der Waals surface area (Å²) in [6.07, 6.45) is 3.19. The van der Waals surface area contributed by atoms with Gasteiger partial charge in [0.25, 0.3) is 7.37 Å². The third-order valence-electron chi connectivity index (χ3n) is 4.43. The molecule has 0 aliphatic rings. The summed E-state index contributed by atoms with van der Waals surface area (Å²) in [7, 11) is -3.82. The molecule has 0 spiro atoms. The lowest BCUT2D eigenvalue weighted by atomic mass is 10.3. The van der Waals surface area contributed by atoms with E-state index >= 15 is 0 Å². The number of hydrogen-bond donors (Lipinski definition) is 3. The van der Waals surface area contributed by atoms with Crippen LogP contribution in [0.3, 0.4) is 0 Å². The molecule has 3 N–H and O–H groups in total. The fourth-order valence-corrected chi connectivity index (χ4v) is 4.73. The topological polar surface area (TPSA) is 79.2 Å². The molecule has 6 nitrogen and oxygen atoms in total. The lowest BCUT2D eigenvalue weighted by Crippen LogP contribution is -2.24. The number of thiocarbonyl (C=S) groups is 1. The molecule has 3 aromatic carbocycles. The minimum atomic E-state index is -3.82. The minimum absolute atomic E-state index is 0.107. The first kappa shape index (κ1) is 20.0. The van der Waals surface area contributed by atoms with E-state index in [-0.39, 0.29) is 5.57 Å². The molecule has 1 unspecified atom stereocenters. The summed E-state index contributed by atoms with van der Waals surface area (Å²) in [5.41, 5.74) is 2.52. The van der Waals surface area contributed by atoms with Crippen molar-refractivity contribution in [2.24, 2.45) is 0 Å². The number of anilines is 2. The van der Waals surface area contributed by atoms with Crippen molar-refractivity contribution in [2.45, 2.75) is 0 Å². The maximum absolute atomic E-state index is 13.1. The second-order valence-electron chi connectivity index (χ2n) is 6.50. The molecule has 30 heavy (non-hydrogen) atoms. The van der Waals surface area contributed by atoms with Gasteiger partial charge in [0.1, 0.15) is 0 Å². The van der Waals surface area contributed by atoms with Gasteiger partial charge in [-0.2, -0.15) is 0 Å². The van der Waals surface area contributed by atoms with Crippen LogP contribution < -0.4 is 21.5 Å². The van der Waals surface area contributed by atoms with Crippen molar-refractivity contribution in [3.63, 3.8) is 0 Å². The van der Waals surface area contributed by atoms with E-state index < -0.39 is 7.37 Å². The highest BCUT2D eigenvalue weighted by molar-refractivity contribution is 7.80. The molecule has 8 heteroatoms. The Bertz CT molecular complexity index is 1190. The van der Waals surface area contributed by atoms with Gasteiger partial charge in [0.15, 0.2) is 5.11 Å². The number of para-hydroxylation sites is 1. The Balaban J connectivity index is 1.52. The van der Waals surface area contributed by atoms with Gasteiger partial charge in [0.2, 0.25) is 5.57 Å². The molecule has 1 atom stereocenters. The highest BCUT2D eigenvalue weighted by atomic mass is 32.1. The zero-order valence-corrected chi connectivity index (χ0v) is 17.6. The maximum atomic E-state index is 13.1. The molecule has 0 aliphatic heterocycles. The van der Waals surface area contributed by atoms with Crippen LogP contribution in [0.15, 0.2) is 97.3 Å². The molecule has 0 amide bonds. The Morgan fingerprint density at radius 3 is 2.07 bits per heavy atom. The third kappa shape index (κ3) is 4.33. The van der Waals surface area contributed by atoms with Crippen LogP contribution in [0.5, 0.6) is 0 Å². The number of aromatic nitrogens is 2. The molecular weight excluding hydrogens is 415 g/mol. The maximum Gasteiger partial charge on any atom is 0.293 e. The summed E-state index contributed by atoms with van der Waals surface area (Å²) < 4.78 is 14.7. The van der Waals surface area contributed by atoms with Gasteiger partial charge < -0.3 is 15.5 Å². The quantitative estimate of drug-likeness (QED) is 0.327. The van der Waals surface area contributed by atoms with Crippen molar-refractivity contribution < 1.29 is 9.46 Å². The van der Waals surface area contributed by atoms with Gasteiger partial charge in [-0.15, -0.1) is 0 Å². The van der Waals surface area contributed by atoms with Gasteiger partial charge in [-0.1, -0.05) is 36.4 Å². The fourth-order valence-electron chi connectivity index (χ4n) is 2.99. The van der Waals surface area contributed by atoms with Gasteiger partial charge in [-0.3, -0.25) is 9.13 Å². The van der Waals surface area contributed by atoms with Gasteiger partial charge in [0.05, 0.1) is 0 Å². The molecule has 0 aliphatic carbocycles. The van der Waals surface area contributed by atoms with E-state index in [0.29, 0.717) is 10.4 Å². The van der Waals surface area contributed by atoms with Crippen molar-refractivity contribution >= 4 is 46.9 Å². The largest absolute Gasteiger partial charge is 0.336 e. The summed E-state index contributed by atoms with van der Waals surface area (Å²) in [4.78, 5) is 14.9. The van der Waals surface area contributed by atoms with Crippen LogP contribution in [0.1, 0.15) is 0 Å². The predicted molar refractivity (Wildman–Crippen MR) is 125 cm³/mol. The van der Waals surface area contributed by atoms with Gasteiger partial charge in [-0.25, -0.2) is 4.98 Å². The molecule has 1 aromatic heterocycles. The molecule has 0 bridgehead atoms. The van der Waals surface area contributed by atoms with Gasteiger partial charge in [-0.05, 0) is 60.7 Å². The molecular formula is C22H19N4O2PS. The van der Waals surface area contributed by atoms with E-state index in [1.54, 1.807) is 41.1 Å². The van der Waals surface area contributed by atoms with Crippen LogP contribution in [0, 0.1) is 0 Å². The lowest BCUT2D eigenvalue weighted by Gasteiger charge is -2.15. The van der Waals surface area contributed by atoms with Gasteiger partial charge >= 0.3 is 0 Å². The number of nitrogens with one attached hydrogen (secondary N) is 2. The first-order valence-electron chi connectivity index (χ1n) is 9.20. The molecule has 1 heterocycles. The van der Waals surface area contributed by atoms with Crippen molar-refractivity contribution in [1.82, 2.24) is 9.55 Å². The Kier molecular flexibility index (Phi) is 5.77. The van der Waals surface area contributed by atoms with Crippen LogP contribution in [0.2, 0.25) is 0 Å². The third-order valence-corrected chi connectivity index (χ3v) is 6.51. The van der Waals surface area contributed by atoms with Crippen molar-refractivity contribution in [3.8, 4) is 5.69 Å². The van der Waals surface area contributed by atoms with Crippen molar-refractivity contribution in [1.29, 1.82) is 0 Å². The van der Waals surface area contributed by atoms with Crippen molar-refractivity contribution in [3.05, 3.63) is 97.3 Å². The first-order valence-corrected chi connectivity index (χ1v) is 11.3. The Morgan fingerprint density at radius 2 is 1.43 bits per heavy atom. The van der Waals surface area contributed by atoms with E-state index in [2.05, 4.69) is 15.6 Å². The Hall–Kier alpha value is -3.25. The highest BCUT2D eigenvalue weighted by Gasteiger charge is 2.29. The number of rotatable bonds is 5. The molecule has 4 rings (SSSR count). The average Bonchev–Trinajstić information content (AvgIpc) is 3.26. The summed E-state index contributed by atoms with van der Waals surface area (Å²) in [6, 6.07) is 25.6. The normalized spacial score (nSPS) is 12.7. The van der Waals surface area contributed by atoms with E-state index in [1.165, 1.54) is 6.20 Å². The molecule has 0 fully saturated rings. The lowest BCUT2D eigenvalue weighted by molar-refractivity contribution is 0.498. The molecule has 150 valence electrons. The van der Waals surface area contributed by atoms with Crippen LogP contribution in [0.25, 0.3) is 5.69 Å². The zero-order chi connectivity index (χ0) is 21.0. The first-order chi connectivity index (χ1) is 14.5. The minimum Gasteiger partial charge on any atom is -0.336 e. The Labute approximate surface area is 179 Å². The summed E-state index contributed by atoms with van der Waals surface area (Å²) in [6.45, 7) is 0. The predicted octanol–water partition coefficient (Wildman–Crippen LogP) is 3.90. The fraction of sp³-hybridized carbons (Fsp3) is 0. The molecule has 0 radical (unpaired) electrons. The van der Waals surface area contributed by atoms with Crippen LogP contribution in [0.4, 0.5) is 11.4 Å². The van der Waals surface area contributed by atoms with E-state index in [9.17, 15) is 9.46 Å². The molecule has 0 saturated carbocycles. The average molecular weight is 434 g/mol. The number of hydrogen-bond acceptors (Lipinski definition) is 3. The number of nitrogens with zero attached hydrogens (tertiary/aromatic N) is 2. The molecule has 0 saturated heterocycles. The summed E-state index contributed by atoms with van der Waals surface area (Å²) in [5.74, 6) is 0. The smallest absolute Gasteiger partial charge is 0.293 e. The standard InChI is InChI=1S/C22H19N4O2PS/c27-29(28,20-9-5-2-6-10-20)22-23-15-16-26(22)19-13-11-18(12-14-19)25-21(30)24-17-7-3-1-4-8-17/h1-16H,(H,27,28)(H2,24,25,30). The van der Waals surface area contributed by atoms with E-state index in [1.807, 2.05) is 54.6 Å². The zero-order valence-electron chi connectivity index (χ0n) is 15.8. The number of benzene rings is 3. The van der Waals surface area contributed by atoms with Gasteiger partial charge in [0, 0.05) is 34.8 Å². The number of imidazole rings is 1. The van der Waals surface area contributed by atoms with Crippen LogP contribution >= 0.6 is 19.6 Å². The molecule has 4 aromatic rings. The SMILES string of the molecule is O=P(O)(c1ccccc1)c1nccn1-c1ccc(NC(=S)Nc2ccccc2)cc1. The summed E-state index contributed by atoms with van der Waals surface area (Å²) in [5, 5.41) is 7.05.